The molecule has 27 heavy (non-hydrogen) atoms. The van der Waals surface area contributed by atoms with Crippen LogP contribution in [0.2, 0.25) is 0 Å². The molecule has 2 aromatic carbocycles. The molecule has 4 rings (SSSR count). The first-order chi connectivity index (χ1) is 13.0. The Morgan fingerprint density at radius 1 is 1.07 bits per heavy atom. The van der Waals surface area contributed by atoms with Crippen molar-refractivity contribution in [1.82, 2.24) is 9.38 Å². The Bertz CT molecular complexity index is 1100. The molecule has 0 saturated heterocycles. The fourth-order valence-electron chi connectivity index (χ4n) is 2.97. The summed E-state index contributed by atoms with van der Waals surface area (Å²) in [7, 11) is 0. The second-order valence-corrected chi connectivity index (χ2v) is 7.40. The number of rotatable bonds is 5. The Morgan fingerprint density at radius 3 is 2.41 bits per heavy atom. The third kappa shape index (κ3) is 3.31. The van der Waals surface area contributed by atoms with Crippen molar-refractivity contribution in [3.05, 3.63) is 65.7 Å². The molecule has 0 unspecified atom stereocenters. The Hall–Kier alpha value is -3.12. The molecule has 0 aliphatic heterocycles. The fraction of sp³-hybridized carbons (Fsp3) is 0.143. The molecule has 2 heterocycles. The molecule has 5 nitrogen and oxygen atoms in total. The lowest BCUT2D eigenvalue weighted by molar-refractivity contribution is 0.0702. The lowest BCUT2D eigenvalue weighted by atomic mass is 10.1. The van der Waals surface area contributed by atoms with Crippen LogP contribution in [0.5, 0.6) is 5.75 Å². The van der Waals surface area contributed by atoms with Crippen LogP contribution in [0.25, 0.3) is 27.5 Å². The number of hydrogen-bond donors (Lipinski definition) is 1. The van der Waals surface area contributed by atoms with E-state index in [4.69, 9.17) is 4.74 Å². The quantitative estimate of drug-likeness (QED) is 0.517. The number of carboxylic acids is 1. The van der Waals surface area contributed by atoms with Crippen molar-refractivity contribution < 1.29 is 14.6 Å². The minimum Gasteiger partial charge on any atom is -0.491 e. The number of benzene rings is 2. The molecule has 0 bridgehead atoms. The number of imidazole rings is 1. The normalized spacial score (nSPS) is 11.2. The maximum absolute atomic E-state index is 11.7. The standard InChI is InChI=1S/C21H18N2O3S/c1-13(2)26-16-10-8-14(9-11-16)17-12-23-18(15-6-4-3-5-7-15)19(20(24)25)27-21(23)22-17/h3-13H,1-2H3,(H,24,25). The van der Waals surface area contributed by atoms with Gasteiger partial charge in [0.05, 0.1) is 17.5 Å². The average molecular weight is 378 g/mol. The fourth-order valence-corrected chi connectivity index (χ4v) is 3.94. The minimum absolute atomic E-state index is 0.122. The molecule has 0 aliphatic carbocycles. The molecule has 6 heteroatoms. The molecule has 0 atom stereocenters. The summed E-state index contributed by atoms with van der Waals surface area (Å²) in [4.78, 5) is 17.3. The Morgan fingerprint density at radius 2 is 1.78 bits per heavy atom. The number of thiazole rings is 1. The van der Waals surface area contributed by atoms with E-state index in [0.717, 1.165) is 22.6 Å². The largest absolute Gasteiger partial charge is 0.491 e. The van der Waals surface area contributed by atoms with Crippen LogP contribution in [-0.4, -0.2) is 26.6 Å². The van der Waals surface area contributed by atoms with Crippen LogP contribution in [0.1, 0.15) is 23.5 Å². The Labute approximate surface area is 160 Å². The summed E-state index contributed by atoms with van der Waals surface area (Å²) in [6.07, 6.45) is 2.01. The van der Waals surface area contributed by atoms with Gasteiger partial charge < -0.3 is 9.84 Å². The summed E-state index contributed by atoms with van der Waals surface area (Å²) in [6.45, 7) is 3.98. The van der Waals surface area contributed by atoms with Gasteiger partial charge >= 0.3 is 5.97 Å². The van der Waals surface area contributed by atoms with E-state index in [1.165, 1.54) is 11.3 Å². The average Bonchev–Trinajstić information content (AvgIpc) is 3.20. The number of carbonyl (C=O) groups is 1. The highest BCUT2D eigenvalue weighted by Crippen LogP contribution is 2.34. The van der Waals surface area contributed by atoms with Crippen molar-refractivity contribution in [3.8, 4) is 28.3 Å². The third-order valence-electron chi connectivity index (χ3n) is 4.09. The maximum atomic E-state index is 11.7. The molecule has 1 N–H and O–H groups in total. The van der Waals surface area contributed by atoms with Gasteiger partial charge in [-0.2, -0.15) is 0 Å². The van der Waals surface area contributed by atoms with Gasteiger partial charge in [-0.25, -0.2) is 9.78 Å². The topological polar surface area (TPSA) is 63.8 Å². The van der Waals surface area contributed by atoms with Crippen molar-refractivity contribution >= 4 is 22.3 Å². The molecule has 4 aromatic rings. The van der Waals surface area contributed by atoms with E-state index in [2.05, 4.69) is 4.98 Å². The smallest absolute Gasteiger partial charge is 0.348 e. The van der Waals surface area contributed by atoms with Crippen LogP contribution in [0.3, 0.4) is 0 Å². The predicted molar refractivity (Wildman–Crippen MR) is 107 cm³/mol. The van der Waals surface area contributed by atoms with Crippen molar-refractivity contribution in [2.45, 2.75) is 20.0 Å². The molecule has 0 aliphatic rings. The number of nitrogens with zero attached hydrogens (tertiary/aromatic N) is 2. The Kier molecular flexibility index (Phi) is 4.41. The molecule has 0 amide bonds. The summed E-state index contributed by atoms with van der Waals surface area (Å²) < 4.78 is 7.54. The van der Waals surface area contributed by atoms with Crippen LogP contribution in [-0.2, 0) is 0 Å². The van der Waals surface area contributed by atoms with Crippen molar-refractivity contribution in [2.24, 2.45) is 0 Å². The molecule has 2 aromatic heterocycles. The monoisotopic (exact) mass is 378 g/mol. The molecule has 0 spiro atoms. The summed E-state index contributed by atoms with van der Waals surface area (Å²) in [5.41, 5.74) is 3.26. The van der Waals surface area contributed by atoms with E-state index >= 15 is 0 Å². The number of aromatic carboxylic acids is 1. The van der Waals surface area contributed by atoms with Gasteiger partial charge in [-0.3, -0.25) is 4.40 Å². The van der Waals surface area contributed by atoms with Crippen LogP contribution in [0.4, 0.5) is 0 Å². The van der Waals surface area contributed by atoms with E-state index in [9.17, 15) is 9.90 Å². The van der Waals surface area contributed by atoms with Gasteiger partial charge in [0.2, 0.25) is 0 Å². The number of hydrogen-bond acceptors (Lipinski definition) is 4. The van der Waals surface area contributed by atoms with Gasteiger partial charge in [-0.05, 0) is 38.1 Å². The van der Waals surface area contributed by atoms with Gasteiger partial charge in [0.1, 0.15) is 10.6 Å². The SMILES string of the molecule is CC(C)Oc1ccc(-c2cn3c(-c4ccccc4)c(C(=O)O)sc3n2)cc1. The van der Waals surface area contributed by atoms with Gasteiger partial charge in [0, 0.05) is 17.3 Å². The summed E-state index contributed by atoms with van der Waals surface area (Å²) in [5.74, 6) is -0.131. The number of fused-ring (bicyclic) bond motifs is 1. The van der Waals surface area contributed by atoms with E-state index in [1.807, 2.05) is 79.0 Å². The lowest BCUT2D eigenvalue weighted by Gasteiger charge is -2.09. The van der Waals surface area contributed by atoms with Crippen LogP contribution in [0, 0.1) is 0 Å². The zero-order valence-electron chi connectivity index (χ0n) is 14.9. The first-order valence-corrected chi connectivity index (χ1v) is 9.42. The summed E-state index contributed by atoms with van der Waals surface area (Å²) in [5, 5.41) is 9.59. The number of aromatic nitrogens is 2. The van der Waals surface area contributed by atoms with Crippen LogP contribution < -0.4 is 4.74 Å². The van der Waals surface area contributed by atoms with E-state index < -0.39 is 5.97 Å². The second kappa shape index (κ2) is 6.89. The van der Waals surface area contributed by atoms with E-state index in [1.54, 1.807) is 0 Å². The molecule has 0 saturated carbocycles. The van der Waals surface area contributed by atoms with Crippen LogP contribution >= 0.6 is 11.3 Å². The minimum atomic E-state index is -0.943. The Balaban J connectivity index is 1.79. The highest BCUT2D eigenvalue weighted by Gasteiger charge is 2.21. The van der Waals surface area contributed by atoms with Gasteiger partial charge in [-0.1, -0.05) is 41.7 Å². The molecule has 0 fully saturated rings. The highest BCUT2D eigenvalue weighted by atomic mass is 32.1. The van der Waals surface area contributed by atoms with Gasteiger partial charge in [-0.15, -0.1) is 0 Å². The van der Waals surface area contributed by atoms with Crippen molar-refractivity contribution in [1.29, 1.82) is 0 Å². The highest BCUT2D eigenvalue weighted by molar-refractivity contribution is 7.19. The third-order valence-corrected chi connectivity index (χ3v) is 5.13. The van der Waals surface area contributed by atoms with Crippen molar-refractivity contribution in [3.63, 3.8) is 0 Å². The zero-order valence-corrected chi connectivity index (χ0v) is 15.7. The van der Waals surface area contributed by atoms with Gasteiger partial charge in [0.25, 0.3) is 0 Å². The lowest BCUT2D eigenvalue weighted by Crippen LogP contribution is -2.05. The predicted octanol–water partition coefficient (Wildman–Crippen LogP) is 5.22. The second-order valence-electron chi connectivity index (χ2n) is 6.42. The first-order valence-electron chi connectivity index (χ1n) is 8.60. The summed E-state index contributed by atoms with van der Waals surface area (Å²) in [6, 6.07) is 17.3. The maximum Gasteiger partial charge on any atom is 0.348 e. The van der Waals surface area contributed by atoms with E-state index in [-0.39, 0.29) is 11.0 Å². The first kappa shape index (κ1) is 17.3. The zero-order chi connectivity index (χ0) is 19.0. The van der Waals surface area contributed by atoms with E-state index in [0.29, 0.717) is 10.7 Å². The molecular weight excluding hydrogens is 360 g/mol. The van der Waals surface area contributed by atoms with Crippen LogP contribution in [0.15, 0.2) is 60.8 Å². The number of carboxylic acid groups (broad SMARTS) is 1. The molecule has 0 radical (unpaired) electrons. The molecular formula is C21H18N2O3S. The van der Waals surface area contributed by atoms with Crippen molar-refractivity contribution in [2.75, 3.05) is 0 Å². The molecule has 136 valence electrons. The summed E-state index contributed by atoms with van der Waals surface area (Å²) >= 11 is 1.18. The number of ether oxygens (including phenoxy) is 1. The van der Waals surface area contributed by atoms with Gasteiger partial charge in [0.15, 0.2) is 4.96 Å².